The van der Waals surface area contributed by atoms with E-state index >= 15 is 0 Å². The highest BCUT2D eigenvalue weighted by atomic mass is 16.3. The van der Waals surface area contributed by atoms with E-state index in [1.165, 1.54) is 5.69 Å². The molecule has 2 heterocycles. The number of hydrogen-bond acceptors (Lipinski definition) is 4. The van der Waals surface area contributed by atoms with Crippen molar-refractivity contribution in [3.8, 4) is 6.07 Å². The third-order valence-electron chi connectivity index (χ3n) is 4.32. The first kappa shape index (κ1) is 12.5. The van der Waals surface area contributed by atoms with E-state index in [4.69, 9.17) is 5.26 Å². The highest BCUT2D eigenvalue weighted by Crippen LogP contribution is 2.28. The number of aliphatic hydroxyl groups is 1. The van der Waals surface area contributed by atoms with Gasteiger partial charge in [0.2, 0.25) is 0 Å². The molecule has 2 aliphatic heterocycles. The molecule has 100 valence electrons. The Morgan fingerprint density at radius 2 is 2.00 bits per heavy atom. The number of hydrogen-bond donors (Lipinski definition) is 1. The molecule has 2 atom stereocenters. The molecule has 1 unspecified atom stereocenters. The second-order valence-corrected chi connectivity index (χ2v) is 5.54. The monoisotopic (exact) mass is 257 g/mol. The van der Waals surface area contributed by atoms with Crippen LogP contribution in [0.15, 0.2) is 24.3 Å². The van der Waals surface area contributed by atoms with Crippen LogP contribution in [-0.2, 0) is 0 Å². The van der Waals surface area contributed by atoms with Crippen LogP contribution in [0.1, 0.15) is 12.0 Å². The first-order valence-corrected chi connectivity index (χ1v) is 6.90. The molecule has 2 fully saturated rings. The van der Waals surface area contributed by atoms with E-state index < -0.39 is 0 Å². The Morgan fingerprint density at radius 3 is 2.68 bits per heavy atom. The Balaban J connectivity index is 1.69. The minimum atomic E-state index is 0.309. The van der Waals surface area contributed by atoms with Gasteiger partial charge in [-0.3, -0.25) is 4.90 Å². The highest BCUT2D eigenvalue weighted by Gasteiger charge is 2.35. The molecular formula is C15H19N3O. The molecule has 2 saturated heterocycles. The lowest BCUT2D eigenvalue weighted by Crippen LogP contribution is -2.50. The fourth-order valence-electron chi connectivity index (χ4n) is 3.26. The van der Waals surface area contributed by atoms with Gasteiger partial charge in [0.15, 0.2) is 0 Å². The number of anilines is 1. The van der Waals surface area contributed by atoms with Gasteiger partial charge in [-0.2, -0.15) is 5.26 Å². The maximum atomic E-state index is 9.28. The molecule has 0 aliphatic carbocycles. The maximum Gasteiger partial charge on any atom is 0.0991 e. The predicted molar refractivity (Wildman–Crippen MR) is 73.9 cm³/mol. The Bertz CT molecular complexity index is 479. The Kier molecular flexibility index (Phi) is 3.41. The van der Waals surface area contributed by atoms with Gasteiger partial charge in [-0.25, -0.2) is 0 Å². The average Bonchev–Trinajstić information content (AvgIpc) is 2.89. The van der Waals surface area contributed by atoms with E-state index in [0.717, 1.165) is 32.6 Å². The van der Waals surface area contributed by atoms with Crippen molar-refractivity contribution in [2.45, 2.75) is 12.5 Å². The van der Waals surface area contributed by atoms with Crippen molar-refractivity contribution in [2.75, 3.05) is 37.7 Å². The zero-order valence-electron chi connectivity index (χ0n) is 11.0. The zero-order chi connectivity index (χ0) is 13.2. The lowest BCUT2D eigenvalue weighted by Gasteiger charge is -2.38. The molecule has 4 nitrogen and oxygen atoms in total. The van der Waals surface area contributed by atoms with E-state index in [1.807, 2.05) is 24.3 Å². The van der Waals surface area contributed by atoms with Crippen LogP contribution in [0.5, 0.6) is 0 Å². The molecule has 1 aromatic rings. The third kappa shape index (κ3) is 2.44. The van der Waals surface area contributed by atoms with Crippen LogP contribution in [0, 0.1) is 17.2 Å². The normalized spacial score (nSPS) is 27.1. The van der Waals surface area contributed by atoms with E-state index in [9.17, 15) is 5.11 Å². The lowest BCUT2D eigenvalue weighted by molar-refractivity contribution is 0.209. The smallest absolute Gasteiger partial charge is 0.0991 e. The molecule has 1 N–H and O–H groups in total. The Hall–Kier alpha value is -1.57. The molecule has 0 saturated carbocycles. The summed E-state index contributed by atoms with van der Waals surface area (Å²) >= 11 is 0. The minimum Gasteiger partial charge on any atom is -0.396 e. The SMILES string of the molecule is N#Cc1ccc(N2CCN3C[C@@H](CO)CC3C2)cc1. The molecule has 2 aliphatic rings. The number of rotatable bonds is 2. The lowest BCUT2D eigenvalue weighted by atomic mass is 10.1. The van der Waals surface area contributed by atoms with Gasteiger partial charge >= 0.3 is 0 Å². The standard InChI is InChI=1S/C15H19N3O/c16-8-12-1-3-14(4-2-12)18-6-5-17-9-13(11-19)7-15(17)10-18/h1-4,13,15,19H,5-7,9-11H2/t13-,15?/m0/s1. The first-order chi connectivity index (χ1) is 9.30. The van der Waals surface area contributed by atoms with Gasteiger partial charge in [-0.05, 0) is 36.6 Å². The zero-order valence-corrected chi connectivity index (χ0v) is 11.0. The number of piperazine rings is 1. The van der Waals surface area contributed by atoms with E-state index in [1.54, 1.807) is 0 Å². The molecule has 0 radical (unpaired) electrons. The summed E-state index contributed by atoms with van der Waals surface area (Å²) in [5, 5.41) is 18.1. The summed E-state index contributed by atoms with van der Waals surface area (Å²) in [7, 11) is 0. The second kappa shape index (κ2) is 5.20. The van der Waals surface area contributed by atoms with Crippen molar-refractivity contribution in [3.05, 3.63) is 29.8 Å². The Labute approximate surface area is 113 Å². The average molecular weight is 257 g/mol. The predicted octanol–water partition coefficient (Wildman–Crippen LogP) is 1.06. The number of nitriles is 1. The van der Waals surface area contributed by atoms with Crippen LogP contribution in [0.3, 0.4) is 0 Å². The fraction of sp³-hybridized carbons (Fsp3) is 0.533. The second-order valence-electron chi connectivity index (χ2n) is 5.54. The number of fused-ring (bicyclic) bond motifs is 1. The van der Waals surface area contributed by atoms with E-state index in [2.05, 4.69) is 15.9 Å². The molecule has 0 amide bonds. The van der Waals surface area contributed by atoms with Crippen molar-refractivity contribution < 1.29 is 5.11 Å². The van der Waals surface area contributed by atoms with Crippen molar-refractivity contribution in [2.24, 2.45) is 5.92 Å². The molecule has 1 aromatic carbocycles. The maximum absolute atomic E-state index is 9.28. The fourth-order valence-corrected chi connectivity index (χ4v) is 3.26. The largest absolute Gasteiger partial charge is 0.396 e. The molecule has 19 heavy (non-hydrogen) atoms. The first-order valence-electron chi connectivity index (χ1n) is 6.90. The summed E-state index contributed by atoms with van der Waals surface area (Å²) in [4.78, 5) is 4.89. The van der Waals surface area contributed by atoms with Crippen molar-refractivity contribution in [1.29, 1.82) is 5.26 Å². The van der Waals surface area contributed by atoms with E-state index in [-0.39, 0.29) is 0 Å². The summed E-state index contributed by atoms with van der Waals surface area (Å²) in [6.45, 7) is 4.48. The summed E-state index contributed by atoms with van der Waals surface area (Å²) in [6.07, 6.45) is 1.10. The molecule has 0 bridgehead atoms. The molecule has 0 spiro atoms. The minimum absolute atomic E-state index is 0.309. The van der Waals surface area contributed by atoms with Gasteiger partial charge < -0.3 is 10.0 Å². The van der Waals surface area contributed by atoms with Gasteiger partial charge in [-0.1, -0.05) is 0 Å². The molecule has 3 rings (SSSR count). The van der Waals surface area contributed by atoms with Gasteiger partial charge in [0.25, 0.3) is 0 Å². The van der Waals surface area contributed by atoms with Crippen LogP contribution in [-0.4, -0.2) is 48.8 Å². The van der Waals surface area contributed by atoms with Gasteiger partial charge in [0, 0.05) is 44.5 Å². The summed E-state index contributed by atoms with van der Waals surface area (Å²) in [6, 6.07) is 10.6. The van der Waals surface area contributed by atoms with Crippen LogP contribution in [0.25, 0.3) is 0 Å². The van der Waals surface area contributed by atoms with Gasteiger partial charge in [0.1, 0.15) is 0 Å². The van der Waals surface area contributed by atoms with Crippen LogP contribution in [0.4, 0.5) is 5.69 Å². The molecule has 0 aromatic heterocycles. The van der Waals surface area contributed by atoms with Gasteiger partial charge in [0.05, 0.1) is 11.6 Å². The Morgan fingerprint density at radius 1 is 1.21 bits per heavy atom. The summed E-state index contributed by atoms with van der Waals surface area (Å²) < 4.78 is 0. The molecule has 4 heteroatoms. The summed E-state index contributed by atoms with van der Waals surface area (Å²) in [5.74, 6) is 0.450. The van der Waals surface area contributed by atoms with E-state index in [0.29, 0.717) is 24.1 Å². The highest BCUT2D eigenvalue weighted by molar-refractivity contribution is 5.50. The van der Waals surface area contributed by atoms with Crippen molar-refractivity contribution in [1.82, 2.24) is 4.90 Å². The van der Waals surface area contributed by atoms with Crippen LogP contribution in [0.2, 0.25) is 0 Å². The van der Waals surface area contributed by atoms with Crippen LogP contribution < -0.4 is 4.90 Å². The summed E-state index contributed by atoms with van der Waals surface area (Å²) in [5.41, 5.74) is 1.91. The van der Waals surface area contributed by atoms with Crippen molar-refractivity contribution >= 4 is 5.69 Å². The number of aliphatic hydroxyl groups excluding tert-OH is 1. The third-order valence-corrected chi connectivity index (χ3v) is 4.32. The quantitative estimate of drug-likeness (QED) is 0.861. The number of benzene rings is 1. The molecular weight excluding hydrogens is 238 g/mol. The van der Waals surface area contributed by atoms with Crippen molar-refractivity contribution in [3.63, 3.8) is 0 Å². The van der Waals surface area contributed by atoms with Crippen LogP contribution >= 0.6 is 0 Å². The topological polar surface area (TPSA) is 50.5 Å². The number of nitrogens with zero attached hydrogens (tertiary/aromatic N) is 3. The van der Waals surface area contributed by atoms with Gasteiger partial charge in [-0.15, -0.1) is 0 Å².